The van der Waals surface area contributed by atoms with Crippen molar-refractivity contribution in [1.82, 2.24) is 0 Å². The van der Waals surface area contributed by atoms with Gasteiger partial charge in [0.25, 0.3) is 0 Å². The standard InChI is InChI=1S/C23H38O10/c1-11(2)19(24)29-10-15-16(31-20(25)12(3)4)17(32-21(26)13(5)6)18(23(28-9)30-15)33-22(27)14(7)8/h11-18,23H,10H2,1-9H3/t15?,16-,17-,18?,23+/m0/s1. The van der Waals surface area contributed by atoms with Crippen LogP contribution in [0.2, 0.25) is 0 Å². The van der Waals surface area contributed by atoms with Crippen molar-refractivity contribution in [2.45, 2.75) is 86.1 Å². The van der Waals surface area contributed by atoms with Gasteiger partial charge in [-0.2, -0.15) is 0 Å². The predicted molar refractivity (Wildman–Crippen MR) is 116 cm³/mol. The minimum Gasteiger partial charge on any atom is -0.463 e. The second-order valence-corrected chi connectivity index (χ2v) is 9.23. The van der Waals surface area contributed by atoms with Gasteiger partial charge in [0.15, 0.2) is 24.6 Å². The van der Waals surface area contributed by atoms with Crippen molar-refractivity contribution in [2.75, 3.05) is 13.7 Å². The van der Waals surface area contributed by atoms with Crippen LogP contribution in [0.4, 0.5) is 0 Å². The van der Waals surface area contributed by atoms with Crippen LogP contribution >= 0.6 is 0 Å². The van der Waals surface area contributed by atoms with Gasteiger partial charge in [-0.05, 0) is 0 Å². The Kier molecular flexibility index (Phi) is 11.3. The number of hydrogen-bond donors (Lipinski definition) is 0. The number of carbonyl (C=O) groups is 4. The molecule has 1 heterocycles. The molecule has 33 heavy (non-hydrogen) atoms. The monoisotopic (exact) mass is 474 g/mol. The first-order valence-electron chi connectivity index (χ1n) is 11.3. The summed E-state index contributed by atoms with van der Waals surface area (Å²) in [7, 11) is 1.33. The number of hydrogen-bond acceptors (Lipinski definition) is 10. The lowest BCUT2D eigenvalue weighted by molar-refractivity contribution is -0.304. The Morgan fingerprint density at radius 1 is 0.636 bits per heavy atom. The average molecular weight is 475 g/mol. The first-order chi connectivity index (χ1) is 15.3. The third-order valence-corrected chi connectivity index (χ3v) is 4.86. The van der Waals surface area contributed by atoms with E-state index in [9.17, 15) is 19.2 Å². The van der Waals surface area contributed by atoms with Crippen molar-refractivity contribution in [2.24, 2.45) is 23.7 Å². The lowest BCUT2D eigenvalue weighted by Crippen LogP contribution is -2.63. The van der Waals surface area contributed by atoms with Crippen molar-refractivity contribution in [3.8, 4) is 0 Å². The summed E-state index contributed by atoms with van der Waals surface area (Å²) in [6.07, 6.45) is -5.85. The zero-order valence-electron chi connectivity index (χ0n) is 21.0. The number of esters is 4. The largest absolute Gasteiger partial charge is 0.463 e. The Balaban J connectivity index is 3.40. The molecule has 0 N–H and O–H groups in total. The summed E-state index contributed by atoms with van der Waals surface area (Å²) in [6, 6.07) is 0. The van der Waals surface area contributed by atoms with Gasteiger partial charge in [-0.15, -0.1) is 0 Å². The molecule has 1 rings (SSSR count). The highest BCUT2D eigenvalue weighted by atomic mass is 16.7. The fourth-order valence-electron chi connectivity index (χ4n) is 2.75. The van der Waals surface area contributed by atoms with Gasteiger partial charge in [0, 0.05) is 7.11 Å². The van der Waals surface area contributed by atoms with E-state index in [1.54, 1.807) is 55.4 Å². The van der Waals surface area contributed by atoms with Crippen molar-refractivity contribution >= 4 is 23.9 Å². The highest BCUT2D eigenvalue weighted by Crippen LogP contribution is 2.31. The minimum atomic E-state index is -1.24. The molecular formula is C23H38O10. The van der Waals surface area contributed by atoms with Crippen LogP contribution in [-0.2, 0) is 47.6 Å². The molecule has 0 amide bonds. The SMILES string of the molecule is CO[C@@H]1OC(COC(=O)C(C)C)[C@H](OC(=O)C(C)C)[C@H](OC(=O)C(C)C)C1OC(=O)C(C)C. The van der Waals surface area contributed by atoms with Crippen LogP contribution in [0.5, 0.6) is 0 Å². The molecule has 0 aromatic heterocycles. The molecule has 1 saturated heterocycles. The molecule has 0 radical (unpaired) electrons. The van der Waals surface area contributed by atoms with E-state index in [4.69, 9.17) is 28.4 Å². The first kappa shape index (κ1) is 28.8. The molecule has 10 nitrogen and oxygen atoms in total. The molecule has 190 valence electrons. The van der Waals surface area contributed by atoms with E-state index in [0.717, 1.165) is 0 Å². The Bertz CT molecular complexity index is 685. The quantitative estimate of drug-likeness (QED) is 0.344. The molecule has 1 aliphatic rings. The van der Waals surface area contributed by atoms with Crippen molar-refractivity contribution in [3.05, 3.63) is 0 Å². The number of methoxy groups -OCH3 is 1. The fourth-order valence-corrected chi connectivity index (χ4v) is 2.75. The highest BCUT2D eigenvalue weighted by molar-refractivity contribution is 5.74. The third-order valence-electron chi connectivity index (χ3n) is 4.86. The van der Waals surface area contributed by atoms with Gasteiger partial charge in [-0.25, -0.2) is 0 Å². The Labute approximate surface area is 195 Å². The summed E-state index contributed by atoms with van der Waals surface area (Å²) in [6.45, 7) is 12.9. The smallest absolute Gasteiger partial charge is 0.308 e. The number of carbonyl (C=O) groups excluding carboxylic acids is 4. The summed E-state index contributed by atoms with van der Waals surface area (Å²) in [5.74, 6) is -4.11. The summed E-state index contributed by atoms with van der Waals surface area (Å²) in [5.41, 5.74) is 0. The first-order valence-corrected chi connectivity index (χ1v) is 11.3. The maximum absolute atomic E-state index is 12.5. The molecule has 1 fully saturated rings. The van der Waals surface area contributed by atoms with Gasteiger partial charge in [0.1, 0.15) is 12.7 Å². The van der Waals surface area contributed by atoms with E-state index < -0.39 is 78.3 Å². The van der Waals surface area contributed by atoms with Crippen LogP contribution in [0, 0.1) is 23.7 Å². The minimum absolute atomic E-state index is 0.284. The molecule has 0 saturated carbocycles. The van der Waals surface area contributed by atoms with Crippen LogP contribution in [0.1, 0.15) is 55.4 Å². The van der Waals surface area contributed by atoms with Crippen molar-refractivity contribution in [1.29, 1.82) is 0 Å². The molecular weight excluding hydrogens is 436 g/mol. The van der Waals surface area contributed by atoms with Gasteiger partial charge in [-0.1, -0.05) is 55.4 Å². The van der Waals surface area contributed by atoms with Crippen LogP contribution in [-0.4, -0.2) is 68.3 Å². The van der Waals surface area contributed by atoms with Crippen LogP contribution in [0.15, 0.2) is 0 Å². The second-order valence-electron chi connectivity index (χ2n) is 9.23. The van der Waals surface area contributed by atoms with Crippen LogP contribution in [0.3, 0.4) is 0 Å². The number of ether oxygens (including phenoxy) is 6. The predicted octanol–water partition coefficient (Wildman–Crippen LogP) is 2.26. The number of rotatable bonds is 10. The van der Waals surface area contributed by atoms with Crippen LogP contribution in [0.25, 0.3) is 0 Å². The zero-order valence-corrected chi connectivity index (χ0v) is 21.0. The molecule has 5 atom stereocenters. The van der Waals surface area contributed by atoms with Crippen LogP contribution < -0.4 is 0 Å². The molecule has 0 spiro atoms. The molecule has 0 aromatic carbocycles. The highest BCUT2D eigenvalue weighted by Gasteiger charge is 2.53. The molecule has 10 heteroatoms. The topological polar surface area (TPSA) is 124 Å². The van der Waals surface area contributed by atoms with Gasteiger partial charge in [0.05, 0.1) is 23.7 Å². The summed E-state index contributed by atoms with van der Waals surface area (Å²) < 4.78 is 33.4. The molecule has 0 aromatic rings. The van der Waals surface area contributed by atoms with E-state index in [2.05, 4.69) is 0 Å². The third kappa shape index (κ3) is 8.26. The van der Waals surface area contributed by atoms with Crippen molar-refractivity contribution < 1.29 is 47.6 Å². The van der Waals surface area contributed by atoms with E-state index in [0.29, 0.717) is 0 Å². The van der Waals surface area contributed by atoms with Gasteiger partial charge < -0.3 is 28.4 Å². The molecule has 1 aliphatic heterocycles. The Morgan fingerprint density at radius 3 is 1.42 bits per heavy atom. The molecule has 0 aliphatic carbocycles. The summed E-state index contributed by atoms with van der Waals surface area (Å²) in [5, 5.41) is 0. The Morgan fingerprint density at radius 2 is 1.03 bits per heavy atom. The van der Waals surface area contributed by atoms with E-state index in [1.807, 2.05) is 0 Å². The van der Waals surface area contributed by atoms with Crippen molar-refractivity contribution in [3.63, 3.8) is 0 Å². The van der Waals surface area contributed by atoms with E-state index in [-0.39, 0.29) is 6.61 Å². The maximum Gasteiger partial charge on any atom is 0.308 e. The maximum atomic E-state index is 12.5. The van der Waals surface area contributed by atoms with E-state index in [1.165, 1.54) is 7.11 Å². The van der Waals surface area contributed by atoms with Gasteiger partial charge in [0.2, 0.25) is 0 Å². The summed E-state index contributed by atoms with van der Waals surface area (Å²) >= 11 is 0. The van der Waals surface area contributed by atoms with Gasteiger partial charge >= 0.3 is 23.9 Å². The molecule has 2 unspecified atom stereocenters. The molecule has 0 bridgehead atoms. The normalized spacial score (nSPS) is 25.3. The fraction of sp³-hybridized carbons (Fsp3) is 0.826. The van der Waals surface area contributed by atoms with Gasteiger partial charge in [-0.3, -0.25) is 19.2 Å². The second kappa shape index (κ2) is 12.9. The summed E-state index contributed by atoms with van der Waals surface area (Å²) in [4.78, 5) is 49.5. The van der Waals surface area contributed by atoms with E-state index >= 15 is 0 Å². The Hall–Kier alpha value is -2.20. The lowest BCUT2D eigenvalue weighted by Gasteiger charge is -2.44. The lowest BCUT2D eigenvalue weighted by atomic mass is 9.97. The zero-order chi connectivity index (χ0) is 25.5. The average Bonchev–Trinajstić information content (AvgIpc) is 2.73.